The smallest absolute Gasteiger partial charge is 0.267 e. The predicted molar refractivity (Wildman–Crippen MR) is 130 cm³/mol. The van der Waals surface area contributed by atoms with Crippen molar-refractivity contribution in [2.24, 2.45) is 0 Å². The van der Waals surface area contributed by atoms with Crippen LogP contribution in [0.5, 0.6) is 5.75 Å². The number of hydrogen-bond acceptors (Lipinski definition) is 3. The number of amides is 2. The molecule has 2 amide bonds. The number of carbonyl (C=O) groups excluding carboxylic acids is 2. The van der Waals surface area contributed by atoms with Crippen LogP contribution in [0.2, 0.25) is 0 Å². The number of H-pyrrole nitrogens is 1. The van der Waals surface area contributed by atoms with Gasteiger partial charge < -0.3 is 20.4 Å². The number of methoxy groups -OCH3 is 1. The Morgan fingerprint density at radius 1 is 0.939 bits per heavy atom. The van der Waals surface area contributed by atoms with Gasteiger partial charge in [-0.15, -0.1) is 0 Å². The minimum Gasteiger partial charge on any atom is -0.496 e. The molecule has 0 aliphatic carbocycles. The zero-order valence-corrected chi connectivity index (χ0v) is 18.3. The van der Waals surface area contributed by atoms with Crippen molar-refractivity contribution in [1.82, 2.24) is 15.6 Å². The highest BCUT2D eigenvalue weighted by Crippen LogP contribution is 2.20. The summed E-state index contributed by atoms with van der Waals surface area (Å²) in [5.74, 6) is -0.121. The highest BCUT2D eigenvalue weighted by atomic mass is 16.5. The van der Waals surface area contributed by atoms with Gasteiger partial charge in [-0.2, -0.15) is 0 Å². The molecule has 0 bridgehead atoms. The summed E-state index contributed by atoms with van der Waals surface area (Å²) in [6.45, 7) is 0.422. The second-order valence-electron chi connectivity index (χ2n) is 7.49. The molecule has 0 saturated heterocycles. The van der Waals surface area contributed by atoms with Crippen LogP contribution in [0.1, 0.15) is 21.5 Å². The van der Waals surface area contributed by atoms with Crippen LogP contribution in [0.3, 0.4) is 0 Å². The number of fused-ring (bicyclic) bond motifs is 1. The highest BCUT2D eigenvalue weighted by molar-refractivity contribution is 6.05. The molecule has 6 heteroatoms. The lowest BCUT2D eigenvalue weighted by Gasteiger charge is -2.12. The number of aromatic amines is 1. The lowest BCUT2D eigenvalue weighted by Crippen LogP contribution is -2.35. The monoisotopic (exact) mass is 439 g/mol. The average molecular weight is 440 g/mol. The Balaban J connectivity index is 1.52. The first-order valence-corrected chi connectivity index (χ1v) is 10.7. The molecular weight excluding hydrogens is 414 g/mol. The Hall–Kier alpha value is -4.32. The van der Waals surface area contributed by atoms with Crippen LogP contribution in [0.25, 0.3) is 17.0 Å². The average Bonchev–Trinajstić information content (AvgIpc) is 3.27. The zero-order valence-electron chi connectivity index (χ0n) is 18.3. The Kier molecular flexibility index (Phi) is 6.85. The van der Waals surface area contributed by atoms with Gasteiger partial charge in [-0.25, -0.2) is 0 Å². The molecule has 0 fully saturated rings. The number of hydrogen-bond donors (Lipinski definition) is 3. The first-order valence-electron chi connectivity index (χ1n) is 10.7. The minimum absolute atomic E-state index is 0.146. The fourth-order valence-electron chi connectivity index (χ4n) is 3.63. The molecule has 33 heavy (non-hydrogen) atoms. The molecule has 1 heterocycles. The van der Waals surface area contributed by atoms with Crippen LogP contribution >= 0.6 is 0 Å². The van der Waals surface area contributed by atoms with Crippen molar-refractivity contribution in [3.8, 4) is 5.75 Å². The van der Waals surface area contributed by atoms with Crippen molar-refractivity contribution >= 4 is 28.8 Å². The number of ether oxygens (including phenoxy) is 1. The standard InChI is InChI=1S/C27H25N3O3/c1-33-25-14-8-5-11-20(25)17-24(30-26(31)19-9-3-2-4-10-19)27(32)28-16-15-21-18-29-23-13-7-6-12-22(21)23/h2-14,17-18,29H,15-16H2,1H3,(H,28,32)(H,30,31)/b24-17-. The summed E-state index contributed by atoms with van der Waals surface area (Å²) in [5.41, 5.74) is 3.48. The number of carbonyl (C=O) groups is 2. The molecule has 0 atom stereocenters. The molecule has 4 aromatic rings. The van der Waals surface area contributed by atoms with Crippen LogP contribution in [0.15, 0.2) is 90.8 Å². The molecule has 3 N–H and O–H groups in total. The Labute approximate surface area is 192 Å². The number of aromatic nitrogens is 1. The molecule has 1 aromatic heterocycles. The molecule has 3 aromatic carbocycles. The maximum atomic E-state index is 13.1. The van der Waals surface area contributed by atoms with Crippen molar-refractivity contribution in [3.63, 3.8) is 0 Å². The Morgan fingerprint density at radius 2 is 1.67 bits per heavy atom. The van der Waals surface area contributed by atoms with Gasteiger partial charge in [-0.3, -0.25) is 9.59 Å². The van der Waals surface area contributed by atoms with Crippen LogP contribution in [0.4, 0.5) is 0 Å². The fourth-order valence-corrected chi connectivity index (χ4v) is 3.63. The molecule has 0 spiro atoms. The van der Waals surface area contributed by atoms with Crippen LogP contribution < -0.4 is 15.4 Å². The molecule has 0 radical (unpaired) electrons. The third-order valence-corrected chi connectivity index (χ3v) is 5.32. The van der Waals surface area contributed by atoms with Gasteiger partial charge in [-0.05, 0) is 42.3 Å². The van der Waals surface area contributed by atoms with Gasteiger partial charge >= 0.3 is 0 Å². The van der Waals surface area contributed by atoms with Crippen LogP contribution in [-0.4, -0.2) is 30.5 Å². The topological polar surface area (TPSA) is 83.2 Å². The zero-order chi connectivity index (χ0) is 23.0. The summed E-state index contributed by atoms with van der Waals surface area (Å²) in [6.07, 6.45) is 4.24. The Bertz CT molecular complexity index is 1290. The van der Waals surface area contributed by atoms with Crippen molar-refractivity contribution < 1.29 is 14.3 Å². The summed E-state index contributed by atoms with van der Waals surface area (Å²) in [4.78, 5) is 29.1. The molecule has 4 rings (SSSR count). The van der Waals surface area contributed by atoms with Gasteiger partial charge in [0.1, 0.15) is 11.4 Å². The lowest BCUT2D eigenvalue weighted by molar-refractivity contribution is -0.117. The van der Waals surface area contributed by atoms with E-state index in [1.807, 2.05) is 48.7 Å². The molecule has 0 saturated carbocycles. The number of rotatable bonds is 8. The predicted octanol–water partition coefficient (Wildman–Crippen LogP) is 4.31. The van der Waals surface area contributed by atoms with Gasteiger partial charge in [0.2, 0.25) is 0 Å². The highest BCUT2D eigenvalue weighted by Gasteiger charge is 2.15. The third-order valence-electron chi connectivity index (χ3n) is 5.32. The van der Waals surface area contributed by atoms with Crippen LogP contribution in [0, 0.1) is 0 Å². The second kappa shape index (κ2) is 10.3. The van der Waals surface area contributed by atoms with E-state index in [0.29, 0.717) is 29.8 Å². The van der Waals surface area contributed by atoms with E-state index >= 15 is 0 Å². The van der Waals surface area contributed by atoms with Crippen molar-refractivity contribution in [2.45, 2.75) is 6.42 Å². The molecule has 0 aliphatic heterocycles. The molecule has 6 nitrogen and oxygen atoms in total. The number of nitrogens with one attached hydrogen (secondary N) is 3. The SMILES string of the molecule is COc1ccccc1/C=C(\NC(=O)c1ccccc1)C(=O)NCCc1c[nH]c2ccccc12. The van der Waals surface area contributed by atoms with Gasteiger partial charge in [0.25, 0.3) is 11.8 Å². The summed E-state index contributed by atoms with van der Waals surface area (Å²) in [5, 5.41) is 6.81. The van der Waals surface area contributed by atoms with E-state index in [2.05, 4.69) is 21.7 Å². The number of benzene rings is 3. The van der Waals surface area contributed by atoms with E-state index in [0.717, 1.165) is 16.5 Å². The first kappa shape index (κ1) is 21.9. The fraction of sp³-hybridized carbons (Fsp3) is 0.111. The quantitative estimate of drug-likeness (QED) is 0.358. The van der Waals surface area contributed by atoms with E-state index in [9.17, 15) is 9.59 Å². The largest absolute Gasteiger partial charge is 0.496 e. The van der Waals surface area contributed by atoms with Gasteiger partial charge in [0.05, 0.1) is 7.11 Å². The maximum absolute atomic E-state index is 13.1. The van der Waals surface area contributed by atoms with E-state index < -0.39 is 0 Å². The molecule has 166 valence electrons. The Morgan fingerprint density at radius 3 is 2.48 bits per heavy atom. The number of para-hydroxylation sites is 2. The normalized spacial score (nSPS) is 11.2. The van der Waals surface area contributed by atoms with E-state index in [-0.39, 0.29) is 17.5 Å². The second-order valence-corrected chi connectivity index (χ2v) is 7.49. The third kappa shape index (κ3) is 5.30. The van der Waals surface area contributed by atoms with Gasteiger partial charge in [0, 0.05) is 34.8 Å². The van der Waals surface area contributed by atoms with Gasteiger partial charge in [-0.1, -0.05) is 54.6 Å². The molecule has 0 unspecified atom stereocenters. The summed E-state index contributed by atoms with van der Waals surface area (Å²) >= 11 is 0. The van der Waals surface area contributed by atoms with Gasteiger partial charge in [0.15, 0.2) is 0 Å². The minimum atomic E-state index is -0.370. The molecular formula is C27H25N3O3. The van der Waals surface area contributed by atoms with Crippen molar-refractivity contribution in [2.75, 3.05) is 13.7 Å². The van der Waals surface area contributed by atoms with Crippen molar-refractivity contribution in [3.05, 3.63) is 107 Å². The van der Waals surface area contributed by atoms with Crippen LogP contribution in [-0.2, 0) is 11.2 Å². The van der Waals surface area contributed by atoms with E-state index in [1.54, 1.807) is 43.5 Å². The van der Waals surface area contributed by atoms with E-state index in [4.69, 9.17) is 4.74 Å². The maximum Gasteiger partial charge on any atom is 0.267 e. The summed E-state index contributed by atoms with van der Waals surface area (Å²) in [7, 11) is 1.57. The summed E-state index contributed by atoms with van der Waals surface area (Å²) in [6, 6.07) is 24.2. The van der Waals surface area contributed by atoms with E-state index in [1.165, 1.54) is 0 Å². The first-order chi connectivity index (χ1) is 16.2. The lowest BCUT2D eigenvalue weighted by atomic mass is 10.1. The molecule has 0 aliphatic rings. The van der Waals surface area contributed by atoms with Crippen molar-refractivity contribution in [1.29, 1.82) is 0 Å². The summed E-state index contributed by atoms with van der Waals surface area (Å²) < 4.78 is 5.39.